The van der Waals surface area contributed by atoms with Gasteiger partial charge in [0.25, 0.3) is 5.56 Å². The summed E-state index contributed by atoms with van der Waals surface area (Å²) in [4.78, 5) is 18.2. The summed E-state index contributed by atoms with van der Waals surface area (Å²) in [7, 11) is 0. The Morgan fingerprint density at radius 1 is 0.970 bits per heavy atom. The fraction of sp³-hybridized carbons (Fsp3) is 0.185. The molecule has 2 aromatic heterocycles. The van der Waals surface area contributed by atoms with Crippen molar-refractivity contribution in [3.05, 3.63) is 98.3 Å². The number of benzene rings is 3. The average molecular weight is 457 g/mol. The maximum atomic E-state index is 12.9. The molecule has 0 saturated carbocycles. The Bertz CT molecular complexity index is 1530. The van der Waals surface area contributed by atoms with Crippen molar-refractivity contribution in [1.82, 2.24) is 9.38 Å². The van der Waals surface area contributed by atoms with Crippen molar-refractivity contribution in [2.45, 2.75) is 20.3 Å². The van der Waals surface area contributed by atoms with Crippen LogP contribution in [0.1, 0.15) is 23.1 Å². The number of imidazole rings is 1. The van der Waals surface area contributed by atoms with Crippen LogP contribution in [0.25, 0.3) is 22.1 Å². The molecule has 3 aromatic carbocycles. The number of aromatic nitrogens is 2. The minimum atomic E-state index is -0.0344. The normalized spacial score (nSPS) is 12.0. The smallest absolute Gasteiger partial charge is 0.274 e. The van der Waals surface area contributed by atoms with E-state index in [1.165, 1.54) is 16.9 Å². The summed E-state index contributed by atoms with van der Waals surface area (Å²) in [6.45, 7) is 5.32. The lowest BCUT2D eigenvalue weighted by Gasteiger charge is -2.10. The molecule has 5 nitrogen and oxygen atoms in total. The molecular weight excluding hydrogens is 432 g/mol. The van der Waals surface area contributed by atoms with Gasteiger partial charge >= 0.3 is 0 Å². The van der Waals surface area contributed by atoms with E-state index in [1.54, 1.807) is 4.40 Å². The van der Waals surface area contributed by atoms with E-state index in [4.69, 9.17) is 9.47 Å². The molecule has 0 aliphatic heterocycles. The number of thiazole rings is 1. The second kappa shape index (κ2) is 9.08. The van der Waals surface area contributed by atoms with Crippen molar-refractivity contribution < 1.29 is 9.47 Å². The molecule has 2 heterocycles. The fourth-order valence-corrected chi connectivity index (χ4v) is 4.80. The quantitative estimate of drug-likeness (QED) is 0.326. The van der Waals surface area contributed by atoms with Crippen molar-refractivity contribution in [2.24, 2.45) is 0 Å². The number of hydrogen-bond donors (Lipinski definition) is 0. The van der Waals surface area contributed by atoms with Gasteiger partial charge in [-0.15, -0.1) is 0 Å². The molecule has 33 heavy (non-hydrogen) atoms. The lowest BCUT2D eigenvalue weighted by atomic mass is 10.1. The molecule has 166 valence electrons. The third kappa shape index (κ3) is 4.47. The molecule has 0 N–H and O–H groups in total. The van der Waals surface area contributed by atoms with E-state index in [2.05, 4.69) is 31.0 Å². The van der Waals surface area contributed by atoms with Crippen LogP contribution in [0.3, 0.4) is 0 Å². The largest absolute Gasteiger partial charge is 0.493 e. The summed E-state index contributed by atoms with van der Waals surface area (Å²) in [5, 5.41) is 0. The number of nitrogens with zero attached hydrogens (tertiary/aromatic N) is 2. The van der Waals surface area contributed by atoms with Crippen molar-refractivity contribution in [3.8, 4) is 11.5 Å². The minimum absolute atomic E-state index is 0.0344. The summed E-state index contributed by atoms with van der Waals surface area (Å²) in [6, 6.07) is 21.7. The van der Waals surface area contributed by atoms with E-state index >= 15 is 0 Å². The molecule has 6 heteroatoms. The van der Waals surface area contributed by atoms with Gasteiger partial charge in [0.1, 0.15) is 11.5 Å². The van der Waals surface area contributed by atoms with Gasteiger partial charge in [-0.05, 0) is 61.4 Å². The Hall–Kier alpha value is -3.64. The zero-order chi connectivity index (χ0) is 22.8. The maximum Gasteiger partial charge on any atom is 0.274 e. The van der Waals surface area contributed by atoms with Crippen LogP contribution in [-0.2, 0) is 0 Å². The van der Waals surface area contributed by atoms with Gasteiger partial charge in [-0.1, -0.05) is 53.3 Å². The first kappa shape index (κ1) is 21.2. The predicted octanol–water partition coefficient (Wildman–Crippen LogP) is 4.92. The van der Waals surface area contributed by atoms with Crippen LogP contribution in [0.5, 0.6) is 11.5 Å². The molecule has 0 bridgehead atoms. The van der Waals surface area contributed by atoms with E-state index in [0.29, 0.717) is 17.7 Å². The van der Waals surface area contributed by atoms with E-state index in [1.807, 2.05) is 60.7 Å². The number of aryl methyl sites for hydroxylation is 2. The van der Waals surface area contributed by atoms with E-state index in [0.717, 1.165) is 45.0 Å². The molecule has 0 radical (unpaired) electrons. The van der Waals surface area contributed by atoms with Gasteiger partial charge in [-0.25, -0.2) is 9.38 Å². The molecule has 0 spiro atoms. The maximum absolute atomic E-state index is 12.9. The Balaban J connectivity index is 1.20. The molecule has 5 aromatic rings. The molecule has 0 atom stereocenters. The van der Waals surface area contributed by atoms with Crippen molar-refractivity contribution in [3.63, 3.8) is 0 Å². The van der Waals surface area contributed by atoms with Crippen LogP contribution in [0, 0.1) is 13.8 Å². The predicted molar refractivity (Wildman–Crippen MR) is 134 cm³/mol. The molecule has 0 unspecified atom stereocenters. The Labute approximate surface area is 195 Å². The highest BCUT2D eigenvalue weighted by Gasteiger charge is 2.10. The highest BCUT2D eigenvalue weighted by Crippen LogP contribution is 2.19. The molecule has 0 amide bonds. The third-order valence-corrected chi connectivity index (χ3v) is 6.44. The first-order valence-corrected chi connectivity index (χ1v) is 11.7. The zero-order valence-corrected chi connectivity index (χ0v) is 19.4. The lowest BCUT2D eigenvalue weighted by molar-refractivity contribution is 0.246. The second-order valence-corrected chi connectivity index (χ2v) is 9.03. The Morgan fingerprint density at radius 2 is 1.76 bits per heavy atom. The standard InChI is InChI=1S/C27H24N2O3S/c1-18-8-13-24(19(2)16-18)32-15-5-14-31-21-11-9-20(10-12-21)17-25-26(30)29-23-7-4-3-6-22(23)28-27(29)33-25/h3-4,6-13,16-17H,5,14-15H2,1-2H3. The van der Waals surface area contributed by atoms with Crippen molar-refractivity contribution in [2.75, 3.05) is 13.2 Å². The number of fused-ring (bicyclic) bond motifs is 3. The number of rotatable bonds is 7. The van der Waals surface area contributed by atoms with Crippen molar-refractivity contribution in [1.29, 1.82) is 0 Å². The summed E-state index contributed by atoms with van der Waals surface area (Å²) in [5.74, 6) is 1.72. The van der Waals surface area contributed by atoms with Crippen molar-refractivity contribution >= 4 is 33.4 Å². The number of para-hydroxylation sites is 2. The molecule has 0 fully saturated rings. The SMILES string of the molecule is Cc1ccc(OCCCOc2ccc(C=c3sc4nc5ccccc5n4c3=O)cc2)c(C)c1. The zero-order valence-electron chi connectivity index (χ0n) is 18.6. The van der Waals surface area contributed by atoms with Crippen LogP contribution in [0.15, 0.2) is 71.5 Å². The number of ether oxygens (including phenoxy) is 2. The third-order valence-electron chi connectivity index (χ3n) is 5.47. The monoisotopic (exact) mass is 456 g/mol. The number of hydrogen-bond acceptors (Lipinski definition) is 5. The first-order valence-electron chi connectivity index (χ1n) is 10.9. The van der Waals surface area contributed by atoms with Crippen LogP contribution in [0.4, 0.5) is 0 Å². The first-order chi connectivity index (χ1) is 16.1. The van der Waals surface area contributed by atoms with E-state index < -0.39 is 0 Å². The van der Waals surface area contributed by atoms with Crippen LogP contribution < -0.4 is 19.6 Å². The molecule has 5 rings (SSSR count). The summed E-state index contributed by atoms with van der Waals surface area (Å²) < 4.78 is 14.0. The van der Waals surface area contributed by atoms with Crippen LogP contribution in [0.2, 0.25) is 0 Å². The highest BCUT2D eigenvalue weighted by molar-refractivity contribution is 7.15. The topological polar surface area (TPSA) is 52.8 Å². The summed E-state index contributed by atoms with van der Waals surface area (Å²) in [5.41, 5.74) is 4.99. The van der Waals surface area contributed by atoms with Crippen LogP contribution in [-0.4, -0.2) is 22.6 Å². The lowest BCUT2D eigenvalue weighted by Crippen LogP contribution is -2.22. The molecule has 0 aliphatic carbocycles. The average Bonchev–Trinajstić information content (AvgIpc) is 3.32. The van der Waals surface area contributed by atoms with Gasteiger partial charge in [0.05, 0.1) is 28.8 Å². The van der Waals surface area contributed by atoms with Crippen LogP contribution >= 0.6 is 11.3 Å². The molecule has 0 saturated heterocycles. The van der Waals surface area contributed by atoms with Gasteiger partial charge in [0.15, 0.2) is 4.96 Å². The summed E-state index contributed by atoms with van der Waals surface area (Å²) >= 11 is 1.41. The van der Waals surface area contributed by atoms with Gasteiger partial charge in [0.2, 0.25) is 0 Å². The minimum Gasteiger partial charge on any atom is -0.493 e. The van der Waals surface area contributed by atoms with Gasteiger partial charge < -0.3 is 9.47 Å². The van der Waals surface area contributed by atoms with E-state index in [9.17, 15) is 4.79 Å². The van der Waals surface area contributed by atoms with Gasteiger partial charge in [-0.3, -0.25) is 4.79 Å². The van der Waals surface area contributed by atoms with Gasteiger partial charge in [-0.2, -0.15) is 0 Å². The van der Waals surface area contributed by atoms with E-state index in [-0.39, 0.29) is 5.56 Å². The van der Waals surface area contributed by atoms with Gasteiger partial charge in [0, 0.05) is 6.42 Å². The highest BCUT2D eigenvalue weighted by atomic mass is 32.1. The summed E-state index contributed by atoms with van der Waals surface area (Å²) in [6.07, 6.45) is 2.70. The molecule has 0 aliphatic rings. The molecular formula is C27H24N2O3S. The Morgan fingerprint density at radius 3 is 2.58 bits per heavy atom. The second-order valence-electron chi connectivity index (χ2n) is 8.02. The Kier molecular flexibility index (Phi) is 5.84. The fourth-order valence-electron chi connectivity index (χ4n) is 3.82.